The fourth-order valence-corrected chi connectivity index (χ4v) is 2.21. The van der Waals surface area contributed by atoms with Crippen LogP contribution in [0.2, 0.25) is 0 Å². The van der Waals surface area contributed by atoms with Gasteiger partial charge in [0.15, 0.2) is 0 Å². The van der Waals surface area contributed by atoms with E-state index in [4.69, 9.17) is 0 Å². The number of imidazole rings is 1. The number of hydrogen-bond donors (Lipinski definition) is 0. The number of rotatable bonds is 2. The van der Waals surface area contributed by atoms with Gasteiger partial charge in [-0.05, 0) is 15.9 Å². The molecule has 0 amide bonds. The van der Waals surface area contributed by atoms with Crippen molar-refractivity contribution in [1.82, 2.24) is 14.5 Å². The number of aromatic nitrogens is 3. The molecule has 2 aromatic rings. The molecule has 0 aromatic carbocycles. The van der Waals surface area contributed by atoms with E-state index in [9.17, 15) is 0 Å². The van der Waals surface area contributed by atoms with Crippen LogP contribution >= 0.6 is 27.3 Å². The van der Waals surface area contributed by atoms with E-state index in [0.717, 1.165) is 11.1 Å². The third kappa shape index (κ3) is 1.56. The van der Waals surface area contributed by atoms with Gasteiger partial charge in [-0.2, -0.15) is 0 Å². The number of hydrogen-bond acceptors (Lipinski definition) is 3. The van der Waals surface area contributed by atoms with Crippen LogP contribution in [0.25, 0.3) is 0 Å². The van der Waals surface area contributed by atoms with Gasteiger partial charge in [0.05, 0.1) is 23.3 Å². The minimum absolute atomic E-state index is 0.839. The van der Waals surface area contributed by atoms with E-state index < -0.39 is 0 Å². The van der Waals surface area contributed by atoms with Gasteiger partial charge in [-0.15, -0.1) is 11.3 Å². The molecule has 62 valence electrons. The molecule has 3 nitrogen and oxygen atoms in total. The lowest BCUT2D eigenvalue weighted by molar-refractivity contribution is 0.804. The predicted molar refractivity (Wildman–Crippen MR) is 51.1 cm³/mol. The maximum Gasteiger partial charge on any atom is 0.121 e. The molecule has 5 heteroatoms. The molecular formula is C7H6BrN3S. The van der Waals surface area contributed by atoms with Crippen LogP contribution in [0.1, 0.15) is 4.88 Å². The Morgan fingerprint density at radius 2 is 2.50 bits per heavy atom. The van der Waals surface area contributed by atoms with Crippen molar-refractivity contribution in [3.63, 3.8) is 0 Å². The molecule has 0 unspecified atom stereocenters. The van der Waals surface area contributed by atoms with Gasteiger partial charge in [0, 0.05) is 12.4 Å². The van der Waals surface area contributed by atoms with Crippen molar-refractivity contribution in [2.75, 3.05) is 0 Å². The molecule has 0 aliphatic heterocycles. The van der Waals surface area contributed by atoms with E-state index in [1.165, 1.54) is 4.88 Å². The van der Waals surface area contributed by atoms with Crippen LogP contribution in [-0.2, 0) is 6.54 Å². The average Bonchev–Trinajstić information content (AvgIpc) is 2.65. The first-order chi connectivity index (χ1) is 5.86. The topological polar surface area (TPSA) is 30.7 Å². The second-order valence-electron chi connectivity index (χ2n) is 2.30. The molecule has 0 bridgehead atoms. The summed E-state index contributed by atoms with van der Waals surface area (Å²) in [6.45, 7) is 0.839. The molecule has 2 heterocycles. The van der Waals surface area contributed by atoms with Crippen LogP contribution in [0, 0.1) is 0 Å². The third-order valence-corrected chi connectivity index (χ3v) is 3.24. The molecule has 2 aromatic heterocycles. The largest absolute Gasteiger partial charge is 0.332 e. The van der Waals surface area contributed by atoms with Crippen LogP contribution in [0.4, 0.5) is 0 Å². The van der Waals surface area contributed by atoms with Crippen LogP contribution in [-0.4, -0.2) is 14.5 Å². The molecule has 0 aliphatic carbocycles. The molecule has 2 rings (SSSR count). The summed E-state index contributed by atoms with van der Waals surface area (Å²) in [6, 6.07) is 0. The highest BCUT2D eigenvalue weighted by molar-refractivity contribution is 9.10. The van der Waals surface area contributed by atoms with E-state index >= 15 is 0 Å². The van der Waals surface area contributed by atoms with Crippen molar-refractivity contribution in [3.8, 4) is 0 Å². The zero-order valence-corrected chi connectivity index (χ0v) is 8.55. The summed E-state index contributed by atoms with van der Waals surface area (Å²) in [5.41, 5.74) is 1.83. The van der Waals surface area contributed by atoms with E-state index in [-0.39, 0.29) is 0 Å². The second-order valence-corrected chi connectivity index (χ2v) is 3.99. The van der Waals surface area contributed by atoms with Crippen LogP contribution in [0.3, 0.4) is 0 Å². The Labute approximate surface area is 82.2 Å². The zero-order chi connectivity index (χ0) is 8.39. The Kier molecular flexibility index (Phi) is 2.23. The number of thiazole rings is 1. The molecular weight excluding hydrogens is 238 g/mol. The van der Waals surface area contributed by atoms with E-state index in [1.54, 1.807) is 23.9 Å². The average molecular weight is 244 g/mol. The smallest absolute Gasteiger partial charge is 0.121 e. The van der Waals surface area contributed by atoms with Gasteiger partial charge < -0.3 is 4.57 Å². The third-order valence-electron chi connectivity index (χ3n) is 1.48. The van der Waals surface area contributed by atoms with Gasteiger partial charge in [-0.3, -0.25) is 0 Å². The van der Waals surface area contributed by atoms with E-state index in [0.29, 0.717) is 0 Å². The fourth-order valence-electron chi connectivity index (χ4n) is 0.905. The Hall–Kier alpha value is -0.680. The maximum atomic E-state index is 4.10. The highest BCUT2D eigenvalue weighted by Gasteiger charge is 2.02. The standard InChI is InChI=1S/C7H6BrN3S/c8-7-6(12-5-10-7)3-11-2-1-9-4-11/h1-2,4-5H,3H2. The molecule has 0 aliphatic rings. The van der Waals surface area contributed by atoms with Crippen molar-refractivity contribution < 1.29 is 0 Å². The molecule has 12 heavy (non-hydrogen) atoms. The maximum absolute atomic E-state index is 4.10. The minimum atomic E-state index is 0.839. The molecule has 0 saturated heterocycles. The summed E-state index contributed by atoms with van der Waals surface area (Å²) in [5.74, 6) is 0. The Morgan fingerprint density at radius 1 is 1.58 bits per heavy atom. The van der Waals surface area contributed by atoms with Crippen LogP contribution < -0.4 is 0 Å². The van der Waals surface area contributed by atoms with Gasteiger partial charge in [0.1, 0.15) is 4.60 Å². The van der Waals surface area contributed by atoms with Gasteiger partial charge in [-0.25, -0.2) is 9.97 Å². The van der Waals surface area contributed by atoms with Crippen molar-refractivity contribution in [2.24, 2.45) is 0 Å². The first kappa shape index (κ1) is 7.94. The van der Waals surface area contributed by atoms with Crippen LogP contribution in [0.15, 0.2) is 28.8 Å². The van der Waals surface area contributed by atoms with Gasteiger partial charge in [-0.1, -0.05) is 0 Å². The first-order valence-corrected chi connectivity index (χ1v) is 5.07. The Bertz CT molecular complexity index is 354. The molecule has 0 fully saturated rings. The summed E-state index contributed by atoms with van der Waals surface area (Å²) in [6.07, 6.45) is 5.51. The molecule has 0 saturated carbocycles. The summed E-state index contributed by atoms with van der Waals surface area (Å²) >= 11 is 5.02. The van der Waals surface area contributed by atoms with Gasteiger partial charge in [0.2, 0.25) is 0 Å². The molecule has 0 atom stereocenters. The summed E-state index contributed by atoms with van der Waals surface area (Å²) < 4.78 is 2.94. The molecule has 0 N–H and O–H groups in total. The van der Waals surface area contributed by atoms with E-state index in [2.05, 4.69) is 25.9 Å². The van der Waals surface area contributed by atoms with Crippen molar-refractivity contribution >= 4 is 27.3 Å². The molecule has 0 radical (unpaired) electrons. The minimum Gasteiger partial charge on any atom is -0.332 e. The van der Waals surface area contributed by atoms with Crippen molar-refractivity contribution in [2.45, 2.75) is 6.54 Å². The first-order valence-electron chi connectivity index (χ1n) is 3.40. The van der Waals surface area contributed by atoms with Gasteiger partial charge >= 0.3 is 0 Å². The van der Waals surface area contributed by atoms with Crippen molar-refractivity contribution in [3.05, 3.63) is 33.7 Å². The zero-order valence-electron chi connectivity index (χ0n) is 6.14. The Morgan fingerprint density at radius 3 is 3.08 bits per heavy atom. The van der Waals surface area contributed by atoms with Crippen molar-refractivity contribution in [1.29, 1.82) is 0 Å². The number of nitrogens with zero attached hydrogens (tertiary/aromatic N) is 3. The lowest BCUT2D eigenvalue weighted by Gasteiger charge is -1.97. The molecule has 0 spiro atoms. The second kappa shape index (κ2) is 3.37. The summed E-state index contributed by atoms with van der Waals surface area (Å²) in [7, 11) is 0. The SMILES string of the molecule is Brc1ncsc1Cn1ccnc1. The normalized spacial score (nSPS) is 10.4. The summed E-state index contributed by atoms with van der Waals surface area (Å²) in [4.78, 5) is 9.28. The number of halogens is 1. The Balaban J connectivity index is 2.20. The lowest BCUT2D eigenvalue weighted by Crippen LogP contribution is -1.94. The van der Waals surface area contributed by atoms with E-state index in [1.807, 2.05) is 16.3 Å². The quantitative estimate of drug-likeness (QED) is 0.810. The lowest BCUT2D eigenvalue weighted by atomic mass is 10.5. The monoisotopic (exact) mass is 243 g/mol. The van der Waals surface area contributed by atoms with Crippen LogP contribution in [0.5, 0.6) is 0 Å². The highest BCUT2D eigenvalue weighted by atomic mass is 79.9. The van der Waals surface area contributed by atoms with Gasteiger partial charge in [0.25, 0.3) is 0 Å². The predicted octanol–water partition coefficient (Wildman–Crippen LogP) is 2.15. The fraction of sp³-hybridized carbons (Fsp3) is 0.143. The highest BCUT2D eigenvalue weighted by Crippen LogP contribution is 2.19. The summed E-state index contributed by atoms with van der Waals surface area (Å²) in [5, 5.41) is 0.